The van der Waals surface area contributed by atoms with E-state index in [1.165, 1.54) is 0 Å². The molecule has 0 aromatic heterocycles. The van der Waals surface area contributed by atoms with Gasteiger partial charge in [0.1, 0.15) is 0 Å². The summed E-state index contributed by atoms with van der Waals surface area (Å²) in [5.74, 6) is 0.339. The predicted octanol–water partition coefficient (Wildman–Crippen LogP) is 2.86. The predicted molar refractivity (Wildman–Crippen MR) is 120 cm³/mol. The van der Waals surface area contributed by atoms with Crippen LogP contribution in [0.1, 0.15) is 26.7 Å². The first-order valence-corrected chi connectivity index (χ1v) is 10.3. The van der Waals surface area contributed by atoms with Crippen LogP contribution in [0.5, 0.6) is 0 Å². The third-order valence-corrected chi connectivity index (χ3v) is 5.00. The van der Waals surface area contributed by atoms with E-state index in [0.717, 1.165) is 48.1 Å². The van der Waals surface area contributed by atoms with Gasteiger partial charge in [-0.2, -0.15) is 0 Å². The summed E-state index contributed by atoms with van der Waals surface area (Å²) in [4.78, 5) is 17.2. The number of nitrogens with one attached hydrogen (secondary N) is 5. The Hall–Kier alpha value is -2.48. The zero-order valence-electron chi connectivity index (χ0n) is 17.5. The second-order valence-corrected chi connectivity index (χ2v) is 7.67. The lowest BCUT2D eigenvalue weighted by atomic mass is 10.0. The average Bonchev–Trinajstić information content (AvgIpc) is 2.71. The fourth-order valence-electron chi connectivity index (χ4n) is 3.40. The first-order chi connectivity index (χ1) is 14.0. The molecule has 3 rings (SSSR count). The summed E-state index contributed by atoms with van der Waals surface area (Å²) < 4.78 is 0. The van der Waals surface area contributed by atoms with Gasteiger partial charge in [0.05, 0.1) is 6.17 Å². The highest BCUT2D eigenvalue weighted by molar-refractivity contribution is 5.94. The molecule has 1 heterocycles. The maximum Gasteiger partial charge on any atom is 0.321 e. The monoisotopic (exact) mass is 396 g/mol. The molecule has 0 radical (unpaired) electrons. The van der Waals surface area contributed by atoms with E-state index in [9.17, 15) is 4.79 Å². The molecule has 2 aromatic rings. The summed E-state index contributed by atoms with van der Waals surface area (Å²) in [5.41, 5.74) is 1.86. The number of carbonyl (C=O) groups is 1. The maximum atomic E-state index is 12.5. The average molecular weight is 397 g/mol. The van der Waals surface area contributed by atoms with Gasteiger partial charge in [0.25, 0.3) is 0 Å². The number of aliphatic imine (C=N–C) groups is 1. The van der Waals surface area contributed by atoms with Crippen molar-refractivity contribution >= 4 is 28.2 Å². The van der Waals surface area contributed by atoms with Gasteiger partial charge in [-0.05, 0) is 55.4 Å². The number of anilines is 1. The minimum absolute atomic E-state index is 0.0905. The lowest BCUT2D eigenvalue weighted by molar-refractivity contribution is 0.241. The Kier molecular flexibility index (Phi) is 7.57. The zero-order valence-corrected chi connectivity index (χ0v) is 17.5. The molecule has 0 fully saturated rings. The molecule has 1 aliphatic rings. The molecule has 0 saturated heterocycles. The Labute approximate surface area is 172 Å². The summed E-state index contributed by atoms with van der Waals surface area (Å²) in [5, 5.41) is 18.1. The van der Waals surface area contributed by atoms with Crippen LogP contribution in [0.4, 0.5) is 10.5 Å². The Balaban J connectivity index is 1.59. The van der Waals surface area contributed by atoms with Crippen molar-refractivity contribution < 1.29 is 4.79 Å². The number of amides is 2. The van der Waals surface area contributed by atoms with Crippen LogP contribution in [-0.2, 0) is 0 Å². The van der Waals surface area contributed by atoms with E-state index in [2.05, 4.69) is 51.5 Å². The van der Waals surface area contributed by atoms with Crippen molar-refractivity contribution in [3.05, 3.63) is 42.5 Å². The molecular formula is C22H32N6O. The number of rotatable bonds is 8. The molecule has 2 atom stereocenters. The number of hydrogen-bond acceptors (Lipinski definition) is 5. The molecule has 29 heavy (non-hydrogen) atoms. The van der Waals surface area contributed by atoms with E-state index >= 15 is 0 Å². The van der Waals surface area contributed by atoms with Crippen molar-refractivity contribution in [1.82, 2.24) is 21.3 Å². The SMILES string of the molecule is CNCCCNC1CC(C(C)C)=NC(NC(=O)Nc2ccc3ccccc3c2)N1. The van der Waals surface area contributed by atoms with E-state index in [4.69, 9.17) is 0 Å². The van der Waals surface area contributed by atoms with Crippen LogP contribution in [0.3, 0.4) is 0 Å². The van der Waals surface area contributed by atoms with E-state index in [1.807, 2.05) is 43.4 Å². The summed E-state index contributed by atoms with van der Waals surface area (Å²) in [6.07, 6.45) is 1.52. The number of urea groups is 1. The number of nitrogens with zero attached hydrogens (tertiary/aromatic N) is 1. The molecule has 7 heteroatoms. The van der Waals surface area contributed by atoms with Crippen molar-refractivity contribution in [3.8, 4) is 0 Å². The Morgan fingerprint density at radius 3 is 2.72 bits per heavy atom. The van der Waals surface area contributed by atoms with Gasteiger partial charge in [-0.25, -0.2) is 4.79 Å². The van der Waals surface area contributed by atoms with Crippen molar-refractivity contribution in [2.75, 3.05) is 25.5 Å². The summed E-state index contributed by atoms with van der Waals surface area (Å²) >= 11 is 0. The molecule has 2 aromatic carbocycles. The lowest BCUT2D eigenvalue weighted by Crippen LogP contribution is -2.58. The Morgan fingerprint density at radius 1 is 1.17 bits per heavy atom. The second kappa shape index (κ2) is 10.3. The van der Waals surface area contributed by atoms with Crippen LogP contribution in [0.25, 0.3) is 10.8 Å². The van der Waals surface area contributed by atoms with Crippen LogP contribution >= 0.6 is 0 Å². The third kappa shape index (κ3) is 6.25. The zero-order chi connectivity index (χ0) is 20.6. The molecule has 2 amide bonds. The van der Waals surface area contributed by atoms with Gasteiger partial charge in [0, 0.05) is 17.8 Å². The quantitative estimate of drug-likeness (QED) is 0.444. The topological polar surface area (TPSA) is 89.6 Å². The smallest absolute Gasteiger partial charge is 0.320 e. The molecule has 0 aliphatic carbocycles. The van der Waals surface area contributed by atoms with Gasteiger partial charge >= 0.3 is 6.03 Å². The van der Waals surface area contributed by atoms with Crippen molar-refractivity contribution in [3.63, 3.8) is 0 Å². The van der Waals surface area contributed by atoms with Crippen molar-refractivity contribution in [2.24, 2.45) is 10.9 Å². The first-order valence-electron chi connectivity index (χ1n) is 10.3. The minimum atomic E-state index is -0.455. The fraction of sp³-hybridized carbons (Fsp3) is 0.455. The van der Waals surface area contributed by atoms with Crippen LogP contribution in [0.15, 0.2) is 47.5 Å². The van der Waals surface area contributed by atoms with Gasteiger partial charge < -0.3 is 21.3 Å². The highest BCUT2D eigenvalue weighted by Gasteiger charge is 2.24. The molecule has 7 nitrogen and oxygen atoms in total. The van der Waals surface area contributed by atoms with Gasteiger partial charge in [-0.1, -0.05) is 44.2 Å². The summed E-state index contributed by atoms with van der Waals surface area (Å²) in [6, 6.07) is 13.7. The molecule has 156 valence electrons. The normalized spacial score (nSPS) is 19.2. The standard InChI is InChI=1S/C22H32N6O/c1-15(2)19-14-20(24-12-6-11-23-3)27-21(26-19)28-22(29)25-18-10-9-16-7-4-5-8-17(16)13-18/h4-5,7-10,13,15,20-21,23-24,27H,6,11-12,14H2,1-3H3,(H2,25,28,29). The van der Waals surface area contributed by atoms with Gasteiger partial charge in [0.2, 0.25) is 0 Å². The number of hydrogen-bond donors (Lipinski definition) is 5. The number of carbonyl (C=O) groups excluding carboxylic acids is 1. The molecule has 1 aliphatic heterocycles. The van der Waals surface area contributed by atoms with E-state index in [0.29, 0.717) is 5.92 Å². The highest BCUT2D eigenvalue weighted by Crippen LogP contribution is 2.19. The maximum absolute atomic E-state index is 12.5. The second-order valence-electron chi connectivity index (χ2n) is 7.67. The number of benzene rings is 2. The molecule has 2 unspecified atom stereocenters. The van der Waals surface area contributed by atoms with E-state index in [1.54, 1.807) is 0 Å². The highest BCUT2D eigenvalue weighted by atomic mass is 16.2. The summed E-state index contributed by atoms with van der Waals surface area (Å²) in [6.45, 7) is 6.14. The number of fused-ring (bicyclic) bond motifs is 1. The van der Waals surface area contributed by atoms with Crippen LogP contribution in [0.2, 0.25) is 0 Å². The van der Waals surface area contributed by atoms with Crippen LogP contribution < -0.4 is 26.6 Å². The van der Waals surface area contributed by atoms with Gasteiger partial charge in [-0.3, -0.25) is 10.3 Å². The van der Waals surface area contributed by atoms with E-state index in [-0.39, 0.29) is 12.2 Å². The minimum Gasteiger partial charge on any atom is -0.320 e. The largest absolute Gasteiger partial charge is 0.321 e. The van der Waals surface area contributed by atoms with Gasteiger partial charge in [0.15, 0.2) is 6.29 Å². The molecular weight excluding hydrogens is 364 g/mol. The van der Waals surface area contributed by atoms with E-state index < -0.39 is 6.29 Å². The molecule has 0 bridgehead atoms. The summed E-state index contributed by atoms with van der Waals surface area (Å²) in [7, 11) is 1.95. The first kappa shape index (κ1) is 21.2. The Bertz CT molecular complexity index is 850. The molecule has 0 spiro atoms. The lowest BCUT2D eigenvalue weighted by Gasteiger charge is -2.32. The van der Waals surface area contributed by atoms with Gasteiger partial charge in [-0.15, -0.1) is 0 Å². The fourth-order valence-corrected chi connectivity index (χ4v) is 3.40. The van der Waals surface area contributed by atoms with Crippen molar-refractivity contribution in [1.29, 1.82) is 0 Å². The van der Waals surface area contributed by atoms with Crippen molar-refractivity contribution in [2.45, 2.75) is 39.1 Å². The Morgan fingerprint density at radius 2 is 1.97 bits per heavy atom. The third-order valence-electron chi connectivity index (χ3n) is 5.00. The molecule has 0 saturated carbocycles. The van der Waals surface area contributed by atoms with Crippen LogP contribution in [0, 0.1) is 5.92 Å². The van der Waals surface area contributed by atoms with Crippen LogP contribution in [-0.4, -0.2) is 44.3 Å². The molecule has 5 N–H and O–H groups in total.